The summed E-state index contributed by atoms with van der Waals surface area (Å²) in [6.07, 6.45) is 0. The summed E-state index contributed by atoms with van der Waals surface area (Å²) in [5.41, 5.74) is 14.2. The van der Waals surface area contributed by atoms with Gasteiger partial charge in [-0.05, 0) is 74.9 Å². The molecular weight excluding hydrogens is 692 g/mol. The van der Waals surface area contributed by atoms with Crippen molar-refractivity contribution in [1.29, 1.82) is 0 Å². The minimum absolute atomic E-state index is 0. The Balaban J connectivity index is 0.000000375. The number of halogens is 2. The van der Waals surface area contributed by atoms with Crippen LogP contribution in [0.25, 0.3) is 0 Å². The van der Waals surface area contributed by atoms with Gasteiger partial charge in [-0.3, -0.25) is 0 Å². The molecule has 1 fully saturated rings. The second kappa shape index (κ2) is 16.1. The van der Waals surface area contributed by atoms with Crippen LogP contribution in [0.3, 0.4) is 0 Å². The molecule has 46 heavy (non-hydrogen) atoms. The first-order valence-electron chi connectivity index (χ1n) is 15.2. The zero-order valence-corrected chi connectivity index (χ0v) is 31.0. The molecule has 1 aliphatic heterocycles. The molecule has 1 aliphatic rings. The number of aryl methyl sites for hydroxylation is 6. The molecule has 2 atom stereocenters. The predicted molar refractivity (Wildman–Crippen MR) is 199 cm³/mol. The summed E-state index contributed by atoms with van der Waals surface area (Å²) in [7, 11) is 11.3. The fraction of sp³-hybridized carbons (Fsp3) is 0.195. The Hall–Kier alpha value is -3.23. The van der Waals surface area contributed by atoms with Gasteiger partial charge in [0.15, 0.2) is 0 Å². The van der Waals surface area contributed by atoms with E-state index in [9.17, 15) is 0 Å². The molecule has 0 aliphatic carbocycles. The molecule has 0 aromatic heterocycles. The molecule has 0 N–H and O–H groups in total. The van der Waals surface area contributed by atoms with Gasteiger partial charge in [-0.1, -0.05) is 96.1 Å². The summed E-state index contributed by atoms with van der Waals surface area (Å²) in [5, 5.41) is 0. The van der Waals surface area contributed by atoms with Crippen molar-refractivity contribution in [3.05, 3.63) is 179 Å². The molecule has 6 rings (SSSR count). The standard InChI is InChI=1S/C33H35N2.C7H6.CH3.2ClH.Ru/c1-22-17-24(3)30(25(4)18-22)34-21-35(31-26(5)19-23(2)20-27(31)6)33(29-15-11-8-12-16-29)32(34)28-13-9-7-10-14-28;1-7-5-3-2-4-6-7;;;;/h7-21,32-33H,1-6H3;1-6H;1H3;2*1H;/q-1;;-1;;;+2/p-2. The summed E-state index contributed by atoms with van der Waals surface area (Å²) in [6, 6.07) is 41.4. The first-order valence-corrected chi connectivity index (χ1v) is 20.7. The molecule has 5 heteroatoms. The van der Waals surface area contributed by atoms with E-state index >= 15 is 0 Å². The Morgan fingerprint density at radius 2 is 0.870 bits per heavy atom. The summed E-state index contributed by atoms with van der Waals surface area (Å²) >= 11 is -1.61. The van der Waals surface area contributed by atoms with Crippen molar-refractivity contribution in [2.75, 3.05) is 9.80 Å². The van der Waals surface area contributed by atoms with E-state index in [-0.39, 0.29) is 19.5 Å². The molecule has 5 aromatic carbocycles. The zero-order valence-electron chi connectivity index (χ0n) is 27.8. The number of rotatable bonds is 5. The van der Waals surface area contributed by atoms with Gasteiger partial charge in [0.25, 0.3) is 0 Å². The normalized spacial score (nSPS) is 15.9. The molecule has 1 saturated heterocycles. The third-order valence-electron chi connectivity index (χ3n) is 8.21. The van der Waals surface area contributed by atoms with Gasteiger partial charge in [-0.15, -0.1) is 0 Å². The van der Waals surface area contributed by atoms with E-state index < -0.39 is 13.5 Å². The van der Waals surface area contributed by atoms with Crippen LogP contribution in [0.5, 0.6) is 0 Å². The molecule has 0 radical (unpaired) electrons. The van der Waals surface area contributed by atoms with Crippen molar-refractivity contribution in [2.45, 2.75) is 53.6 Å². The number of benzene rings is 5. The van der Waals surface area contributed by atoms with E-state index in [0.717, 1.165) is 5.56 Å². The van der Waals surface area contributed by atoms with E-state index in [4.69, 9.17) is 19.4 Å². The topological polar surface area (TPSA) is 6.48 Å². The second-order valence-corrected chi connectivity index (χ2v) is 17.6. The second-order valence-electron chi connectivity index (χ2n) is 11.9. The van der Waals surface area contributed by atoms with Gasteiger partial charge >= 0.3 is 73.4 Å². The van der Waals surface area contributed by atoms with Gasteiger partial charge in [-0.25, -0.2) is 0 Å². The molecule has 2 unspecified atom stereocenters. The molecule has 2 nitrogen and oxygen atoms in total. The third kappa shape index (κ3) is 8.18. The van der Waals surface area contributed by atoms with E-state index in [0.29, 0.717) is 0 Å². The molecule has 5 aromatic rings. The predicted octanol–water partition coefficient (Wildman–Crippen LogP) is 11.7. The van der Waals surface area contributed by atoms with Crippen molar-refractivity contribution in [2.24, 2.45) is 0 Å². The average molecular weight is 737 g/mol. The fourth-order valence-corrected chi connectivity index (χ4v) is 8.56. The van der Waals surface area contributed by atoms with E-state index in [2.05, 4.69) is 143 Å². The maximum absolute atomic E-state index is 5.67. The van der Waals surface area contributed by atoms with Crippen LogP contribution in [0, 0.1) is 55.6 Å². The van der Waals surface area contributed by atoms with E-state index in [1.807, 2.05) is 34.9 Å². The fourth-order valence-electron chi connectivity index (χ4n) is 6.73. The monoisotopic (exact) mass is 736 g/mol. The number of hydrogen-bond acceptors (Lipinski definition) is 2. The zero-order chi connectivity index (χ0) is 32.1. The molecule has 0 spiro atoms. The summed E-state index contributed by atoms with van der Waals surface area (Å²) in [4.78, 5) is 5.05. The molecule has 242 valence electrons. The van der Waals surface area contributed by atoms with Crippen LogP contribution in [-0.4, -0.2) is 4.61 Å². The van der Waals surface area contributed by atoms with Crippen molar-refractivity contribution in [3.63, 3.8) is 0 Å². The van der Waals surface area contributed by atoms with E-state index in [1.165, 1.54) is 55.9 Å². The van der Waals surface area contributed by atoms with Gasteiger partial charge in [0, 0.05) is 11.4 Å². The van der Waals surface area contributed by atoms with Crippen LogP contribution >= 0.6 is 19.4 Å². The number of anilines is 2. The quantitative estimate of drug-likeness (QED) is 0.131. The van der Waals surface area contributed by atoms with Crippen LogP contribution in [-0.2, 0) is 13.5 Å². The van der Waals surface area contributed by atoms with Gasteiger partial charge < -0.3 is 17.2 Å². The Morgan fingerprint density at radius 1 is 0.543 bits per heavy atom. The Kier molecular flexibility index (Phi) is 12.4. The Morgan fingerprint density at radius 3 is 1.20 bits per heavy atom. The third-order valence-corrected chi connectivity index (χ3v) is 10.1. The molecule has 0 amide bonds. The molecule has 1 heterocycles. The van der Waals surface area contributed by atoms with Gasteiger partial charge in [0.1, 0.15) is 0 Å². The maximum atomic E-state index is 5.67. The van der Waals surface area contributed by atoms with E-state index in [1.54, 1.807) is 0 Å². The van der Waals surface area contributed by atoms with Crippen LogP contribution < -0.4 is 9.80 Å². The molecule has 0 bridgehead atoms. The Labute approximate surface area is 290 Å². The summed E-state index contributed by atoms with van der Waals surface area (Å²) < 4.78 is 1.92. The van der Waals surface area contributed by atoms with Crippen molar-refractivity contribution >= 4 is 35.4 Å². The van der Waals surface area contributed by atoms with Gasteiger partial charge in [0.05, 0.1) is 12.1 Å². The number of hydrogen-bond donors (Lipinski definition) is 0. The molecular formula is C41H44Cl2N2Ru-2. The van der Waals surface area contributed by atoms with Gasteiger partial charge in [-0.2, -0.15) is 6.67 Å². The van der Waals surface area contributed by atoms with Crippen molar-refractivity contribution in [3.8, 4) is 0 Å². The van der Waals surface area contributed by atoms with Crippen LogP contribution in [0.1, 0.15) is 62.2 Å². The van der Waals surface area contributed by atoms with Crippen molar-refractivity contribution < 1.29 is 13.5 Å². The first-order chi connectivity index (χ1) is 21.6. The SMILES string of the molecule is Cc1cc(C)c(N2[CH-]N(c3c(C)cc(C)cc3C)C(c3ccccc3)C2c2ccccc2)c(C)c1.[CH3-].[Cl][Ru]([Cl])=[CH]c1ccccc1. The average Bonchev–Trinajstić information content (AvgIpc) is 3.37. The Bertz CT molecular complexity index is 1620. The van der Waals surface area contributed by atoms with Crippen LogP contribution in [0.15, 0.2) is 115 Å². The minimum atomic E-state index is -1.61. The van der Waals surface area contributed by atoms with Crippen molar-refractivity contribution in [1.82, 2.24) is 0 Å². The summed E-state index contributed by atoms with van der Waals surface area (Å²) in [6.45, 7) is 15.7. The first kappa shape index (κ1) is 35.6. The number of nitrogens with zero attached hydrogens (tertiary/aromatic N) is 2. The molecule has 0 saturated carbocycles. The summed E-state index contributed by atoms with van der Waals surface area (Å²) in [5.74, 6) is 0. The van der Waals surface area contributed by atoms with Gasteiger partial charge in [0.2, 0.25) is 0 Å². The van der Waals surface area contributed by atoms with Crippen LogP contribution in [0.2, 0.25) is 0 Å². The van der Waals surface area contributed by atoms with Crippen LogP contribution in [0.4, 0.5) is 11.4 Å².